The van der Waals surface area contributed by atoms with E-state index in [4.69, 9.17) is 13.3 Å². The van der Waals surface area contributed by atoms with Gasteiger partial charge in [-0.3, -0.25) is 4.57 Å². The molecule has 0 saturated heterocycles. The van der Waals surface area contributed by atoms with E-state index in [2.05, 4.69) is 5.32 Å². The number of hydrogen-bond acceptors (Lipinski definition) is 4. The number of nitrogens with one attached hydrogen (secondary N) is 1. The van der Waals surface area contributed by atoms with E-state index in [1.807, 2.05) is 27.7 Å². The molecule has 0 heterocycles. The van der Waals surface area contributed by atoms with Gasteiger partial charge in [-0.2, -0.15) is 0 Å². The third kappa shape index (κ3) is 4.56. The molecule has 0 saturated carbocycles. The van der Waals surface area contributed by atoms with Crippen LogP contribution < -0.4 is 5.32 Å². The second-order valence-corrected chi connectivity index (χ2v) is 5.98. The van der Waals surface area contributed by atoms with Crippen molar-refractivity contribution in [2.45, 2.75) is 34.1 Å². The summed E-state index contributed by atoms with van der Waals surface area (Å²) in [5, 5.41) is 2.61. The maximum Gasteiger partial charge on any atom is 0.637 e. The second kappa shape index (κ2) is 9.32. The third-order valence-corrected chi connectivity index (χ3v) is 5.27. The Morgan fingerprint density at radius 3 is 1.78 bits per heavy atom. The second-order valence-electron chi connectivity index (χ2n) is 3.53. The number of hydrogen-bond donors (Lipinski definition) is 1. The number of amides is 2. The third-order valence-electron chi connectivity index (χ3n) is 2.22. The standard InChI is InChI=1S/C11H26N2O4Si/c1-6-10-13(11(14)12-5)18(15-7-2,16-8-3)17-9-4/h6-10H2,1-5H3,(H,12,14). The van der Waals surface area contributed by atoms with E-state index in [0.29, 0.717) is 26.4 Å². The number of carbonyl (C=O) groups excluding carboxylic acids is 1. The van der Waals surface area contributed by atoms with Gasteiger partial charge in [-0.15, -0.1) is 0 Å². The van der Waals surface area contributed by atoms with Gasteiger partial charge in [0.1, 0.15) is 0 Å². The Kier molecular flexibility index (Phi) is 8.99. The predicted molar refractivity (Wildman–Crippen MR) is 72.1 cm³/mol. The molecule has 0 aliphatic heterocycles. The highest BCUT2D eigenvalue weighted by atomic mass is 28.4. The van der Waals surface area contributed by atoms with Crippen molar-refractivity contribution in [3.63, 3.8) is 0 Å². The van der Waals surface area contributed by atoms with Crippen molar-refractivity contribution in [2.75, 3.05) is 33.4 Å². The van der Waals surface area contributed by atoms with Gasteiger partial charge in [0.25, 0.3) is 0 Å². The van der Waals surface area contributed by atoms with Gasteiger partial charge in [0, 0.05) is 33.4 Å². The van der Waals surface area contributed by atoms with Crippen molar-refractivity contribution in [3.8, 4) is 0 Å². The lowest BCUT2D eigenvalue weighted by Crippen LogP contribution is -2.65. The van der Waals surface area contributed by atoms with Gasteiger partial charge >= 0.3 is 15.0 Å². The summed E-state index contributed by atoms with van der Waals surface area (Å²) in [4.78, 5) is 12.0. The van der Waals surface area contributed by atoms with E-state index in [1.54, 1.807) is 11.6 Å². The zero-order chi connectivity index (χ0) is 14.0. The maximum atomic E-state index is 12.0. The quantitative estimate of drug-likeness (QED) is 0.651. The van der Waals surface area contributed by atoms with Crippen molar-refractivity contribution >= 4 is 15.0 Å². The lowest BCUT2D eigenvalue weighted by Gasteiger charge is -2.36. The molecule has 0 aliphatic carbocycles. The van der Waals surface area contributed by atoms with Crippen LogP contribution in [0.25, 0.3) is 0 Å². The normalized spacial score (nSPS) is 11.4. The first-order valence-electron chi connectivity index (χ1n) is 6.52. The van der Waals surface area contributed by atoms with Gasteiger partial charge in [-0.05, 0) is 27.2 Å². The lowest BCUT2D eigenvalue weighted by molar-refractivity contribution is 0.0273. The highest BCUT2D eigenvalue weighted by molar-refractivity contribution is 6.60. The molecule has 0 aliphatic rings. The van der Waals surface area contributed by atoms with Gasteiger partial charge in [-0.25, -0.2) is 4.79 Å². The number of urea groups is 1. The predicted octanol–water partition coefficient (Wildman–Crippen LogP) is 1.58. The van der Waals surface area contributed by atoms with Crippen LogP contribution >= 0.6 is 0 Å². The van der Waals surface area contributed by atoms with Gasteiger partial charge in [0.2, 0.25) is 0 Å². The summed E-state index contributed by atoms with van der Waals surface area (Å²) in [5.74, 6) is 0. The highest BCUT2D eigenvalue weighted by Gasteiger charge is 2.51. The molecule has 18 heavy (non-hydrogen) atoms. The van der Waals surface area contributed by atoms with Crippen LogP contribution in [0.3, 0.4) is 0 Å². The van der Waals surface area contributed by atoms with E-state index >= 15 is 0 Å². The highest BCUT2D eigenvalue weighted by Crippen LogP contribution is 2.17. The maximum absolute atomic E-state index is 12.0. The topological polar surface area (TPSA) is 60.0 Å². The van der Waals surface area contributed by atoms with Crippen molar-refractivity contribution in [2.24, 2.45) is 0 Å². The Balaban J connectivity index is 5.20. The van der Waals surface area contributed by atoms with Gasteiger partial charge in [0.05, 0.1) is 0 Å². The molecule has 0 aromatic rings. The Labute approximate surface area is 111 Å². The molecule has 0 bridgehead atoms. The Morgan fingerprint density at radius 2 is 1.50 bits per heavy atom. The zero-order valence-electron chi connectivity index (χ0n) is 12.1. The Morgan fingerprint density at radius 1 is 1.06 bits per heavy atom. The van der Waals surface area contributed by atoms with E-state index in [1.165, 1.54) is 0 Å². The van der Waals surface area contributed by atoms with Gasteiger partial charge in [0.15, 0.2) is 0 Å². The fraction of sp³-hybridized carbons (Fsp3) is 0.909. The zero-order valence-corrected chi connectivity index (χ0v) is 13.1. The molecule has 108 valence electrons. The smallest absolute Gasteiger partial charge is 0.357 e. The van der Waals surface area contributed by atoms with Crippen LogP contribution in [0.1, 0.15) is 34.1 Å². The monoisotopic (exact) mass is 278 g/mol. The van der Waals surface area contributed by atoms with Crippen LogP contribution in [0.15, 0.2) is 0 Å². The lowest BCUT2D eigenvalue weighted by atomic mass is 10.5. The molecule has 0 fully saturated rings. The molecule has 0 unspecified atom stereocenters. The fourth-order valence-electron chi connectivity index (χ4n) is 1.63. The van der Waals surface area contributed by atoms with E-state index < -0.39 is 8.97 Å². The van der Waals surface area contributed by atoms with Crippen molar-refractivity contribution in [3.05, 3.63) is 0 Å². The van der Waals surface area contributed by atoms with E-state index in [9.17, 15) is 4.79 Å². The molecule has 0 radical (unpaired) electrons. The molecule has 7 heteroatoms. The van der Waals surface area contributed by atoms with Crippen LogP contribution in [-0.2, 0) is 13.3 Å². The summed E-state index contributed by atoms with van der Waals surface area (Å²) in [5.41, 5.74) is 0. The molecule has 0 rings (SSSR count). The largest absolute Gasteiger partial charge is 0.637 e. The molecule has 1 N–H and O–H groups in total. The summed E-state index contributed by atoms with van der Waals surface area (Å²) in [6.07, 6.45) is 0.815. The molecule has 0 atom stereocenters. The van der Waals surface area contributed by atoms with Crippen molar-refractivity contribution < 1.29 is 18.1 Å². The summed E-state index contributed by atoms with van der Waals surface area (Å²) >= 11 is 0. The average Bonchev–Trinajstić information content (AvgIpc) is 2.36. The minimum atomic E-state index is -3.11. The number of carbonyl (C=O) groups is 1. The van der Waals surface area contributed by atoms with Crippen LogP contribution in [0, 0.1) is 0 Å². The molecule has 2 amide bonds. The van der Waals surface area contributed by atoms with Crippen LogP contribution in [0.4, 0.5) is 4.79 Å². The molecule has 6 nitrogen and oxygen atoms in total. The minimum Gasteiger partial charge on any atom is -0.357 e. The average molecular weight is 278 g/mol. The Bertz CT molecular complexity index is 224. The summed E-state index contributed by atoms with van der Waals surface area (Å²) in [7, 11) is -1.52. The summed E-state index contributed by atoms with van der Waals surface area (Å²) in [6, 6.07) is -0.223. The molecular weight excluding hydrogens is 252 g/mol. The van der Waals surface area contributed by atoms with E-state index in [0.717, 1.165) is 6.42 Å². The van der Waals surface area contributed by atoms with E-state index in [-0.39, 0.29) is 6.03 Å². The first kappa shape index (κ1) is 17.4. The first-order valence-corrected chi connectivity index (χ1v) is 8.20. The number of nitrogens with zero attached hydrogens (tertiary/aromatic N) is 1. The molecule has 0 aromatic carbocycles. The van der Waals surface area contributed by atoms with Crippen molar-refractivity contribution in [1.29, 1.82) is 0 Å². The van der Waals surface area contributed by atoms with Crippen LogP contribution in [0.2, 0.25) is 0 Å². The van der Waals surface area contributed by atoms with Crippen LogP contribution in [-0.4, -0.2) is 53.0 Å². The first-order chi connectivity index (χ1) is 8.61. The summed E-state index contributed by atoms with van der Waals surface area (Å²) < 4.78 is 18.7. The molecule has 0 aromatic heterocycles. The minimum absolute atomic E-state index is 0.223. The fourth-order valence-corrected chi connectivity index (χ4v) is 4.30. The molecule has 0 spiro atoms. The van der Waals surface area contributed by atoms with Gasteiger partial charge < -0.3 is 18.6 Å². The molecular formula is C11H26N2O4Si. The summed E-state index contributed by atoms with van der Waals surface area (Å²) in [6.45, 7) is 9.50. The SMILES string of the molecule is CCCN(C(=O)NC)[Si](OCC)(OCC)OCC. The van der Waals surface area contributed by atoms with Crippen molar-refractivity contribution in [1.82, 2.24) is 9.88 Å². The number of rotatable bonds is 9. The van der Waals surface area contributed by atoms with Gasteiger partial charge in [-0.1, -0.05) is 6.92 Å². The van der Waals surface area contributed by atoms with Crippen LogP contribution in [0.5, 0.6) is 0 Å². The Hall–Kier alpha value is -0.633.